The Balaban J connectivity index is 2.36. The normalized spacial score (nSPS) is 11.5. The van der Waals surface area contributed by atoms with Gasteiger partial charge in [0.2, 0.25) is 0 Å². The summed E-state index contributed by atoms with van der Waals surface area (Å²) < 4.78 is 0. The van der Waals surface area contributed by atoms with Crippen LogP contribution in [-0.4, -0.2) is 8.07 Å². The lowest BCUT2D eigenvalue weighted by atomic mass is 10.0. The molecule has 0 aliphatic heterocycles. The van der Waals surface area contributed by atoms with Gasteiger partial charge < -0.3 is 0 Å². The van der Waals surface area contributed by atoms with Gasteiger partial charge in [-0.15, -0.1) is 0 Å². The van der Waals surface area contributed by atoms with Crippen LogP contribution >= 0.6 is 0 Å². The Labute approximate surface area is 105 Å². The van der Waals surface area contributed by atoms with Crippen molar-refractivity contribution in [2.24, 2.45) is 0 Å². The van der Waals surface area contributed by atoms with Gasteiger partial charge >= 0.3 is 0 Å². The van der Waals surface area contributed by atoms with Gasteiger partial charge in [0, 0.05) is 0 Å². The van der Waals surface area contributed by atoms with Crippen molar-refractivity contribution < 1.29 is 0 Å². The first-order valence-corrected chi connectivity index (χ1v) is 9.64. The molecule has 0 aromatic heterocycles. The van der Waals surface area contributed by atoms with E-state index >= 15 is 0 Å². The molecule has 17 heavy (non-hydrogen) atoms. The Kier molecular flexibility index (Phi) is 3.21. The summed E-state index contributed by atoms with van der Waals surface area (Å²) in [5.41, 5.74) is 3.94. The SMILES string of the molecule is Cc1cccc(-c2ccc([Si](C)(C)C)cc2)c1. The number of benzene rings is 2. The summed E-state index contributed by atoms with van der Waals surface area (Å²) in [6.45, 7) is 9.29. The zero-order chi connectivity index (χ0) is 12.5. The molecule has 0 radical (unpaired) electrons. The lowest BCUT2D eigenvalue weighted by Crippen LogP contribution is -2.37. The number of rotatable bonds is 2. The zero-order valence-corrected chi connectivity index (χ0v) is 12.1. The Morgan fingerprint density at radius 2 is 1.41 bits per heavy atom. The van der Waals surface area contributed by atoms with E-state index in [-0.39, 0.29) is 0 Å². The van der Waals surface area contributed by atoms with E-state index < -0.39 is 8.07 Å². The maximum absolute atomic E-state index is 2.38. The fourth-order valence-corrected chi connectivity index (χ4v) is 3.15. The predicted molar refractivity (Wildman–Crippen MR) is 79.6 cm³/mol. The third-order valence-electron chi connectivity index (χ3n) is 3.10. The lowest BCUT2D eigenvalue weighted by molar-refractivity contribution is 1.47. The van der Waals surface area contributed by atoms with Gasteiger partial charge in [-0.3, -0.25) is 0 Å². The van der Waals surface area contributed by atoms with Gasteiger partial charge in [0.15, 0.2) is 0 Å². The van der Waals surface area contributed by atoms with Crippen LogP contribution in [0.25, 0.3) is 11.1 Å². The molecule has 0 fully saturated rings. The molecule has 0 aliphatic carbocycles. The largest absolute Gasteiger partial charge is 0.0775 e. The van der Waals surface area contributed by atoms with Gasteiger partial charge in [0.05, 0.1) is 8.07 Å². The maximum atomic E-state index is 2.38. The van der Waals surface area contributed by atoms with Crippen LogP contribution in [0.1, 0.15) is 5.56 Å². The van der Waals surface area contributed by atoms with Crippen molar-refractivity contribution in [1.82, 2.24) is 0 Å². The molecule has 0 bridgehead atoms. The van der Waals surface area contributed by atoms with Gasteiger partial charge in [-0.05, 0) is 18.1 Å². The molecule has 0 spiro atoms. The summed E-state index contributed by atoms with van der Waals surface area (Å²) in [4.78, 5) is 0. The summed E-state index contributed by atoms with van der Waals surface area (Å²) in [5.74, 6) is 0. The Hall–Kier alpha value is -1.34. The standard InChI is InChI=1S/C16H20Si/c1-13-6-5-7-15(12-13)14-8-10-16(11-9-14)17(2,3)4/h5-12H,1-4H3. The molecule has 0 amide bonds. The van der Waals surface area contributed by atoms with Crippen molar-refractivity contribution in [3.05, 3.63) is 54.1 Å². The first kappa shape index (κ1) is 12.1. The van der Waals surface area contributed by atoms with Gasteiger partial charge in [-0.2, -0.15) is 0 Å². The minimum absolute atomic E-state index is 1.17. The minimum atomic E-state index is -1.17. The van der Waals surface area contributed by atoms with Gasteiger partial charge in [-0.1, -0.05) is 78.9 Å². The highest BCUT2D eigenvalue weighted by molar-refractivity contribution is 6.88. The van der Waals surface area contributed by atoms with Crippen LogP contribution < -0.4 is 5.19 Å². The van der Waals surface area contributed by atoms with Crippen LogP contribution in [0.3, 0.4) is 0 Å². The van der Waals surface area contributed by atoms with Crippen molar-refractivity contribution in [2.75, 3.05) is 0 Å². The van der Waals surface area contributed by atoms with Crippen molar-refractivity contribution in [2.45, 2.75) is 26.6 Å². The van der Waals surface area contributed by atoms with Gasteiger partial charge in [-0.25, -0.2) is 0 Å². The van der Waals surface area contributed by atoms with Crippen molar-refractivity contribution in [3.63, 3.8) is 0 Å². The third kappa shape index (κ3) is 2.86. The molecule has 0 nitrogen and oxygen atoms in total. The van der Waals surface area contributed by atoms with E-state index in [2.05, 4.69) is 75.1 Å². The summed E-state index contributed by atoms with van der Waals surface area (Å²) in [5, 5.41) is 1.52. The molecule has 88 valence electrons. The molecule has 0 atom stereocenters. The average Bonchev–Trinajstić information content (AvgIpc) is 2.28. The fraction of sp³-hybridized carbons (Fsp3) is 0.250. The highest BCUT2D eigenvalue weighted by Gasteiger charge is 2.15. The van der Waals surface area contributed by atoms with Gasteiger partial charge in [0.1, 0.15) is 0 Å². The van der Waals surface area contributed by atoms with Crippen LogP contribution in [0.4, 0.5) is 0 Å². The van der Waals surface area contributed by atoms with Gasteiger partial charge in [0.25, 0.3) is 0 Å². The predicted octanol–water partition coefficient (Wildman–Crippen LogP) is 4.21. The van der Waals surface area contributed by atoms with E-state index in [0.717, 1.165) is 0 Å². The number of hydrogen-bond donors (Lipinski definition) is 0. The first-order valence-electron chi connectivity index (χ1n) is 6.14. The minimum Gasteiger partial charge on any atom is -0.0656 e. The molecule has 0 saturated carbocycles. The molecule has 2 aromatic carbocycles. The molecule has 0 aliphatic rings. The molecule has 0 heterocycles. The average molecular weight is 240 g/mol. The third-order valence-corrected chi connectivity index (χ3v) is 5.17. The van der Waals surface area contributed by atoms with Crippen LogP contribution in [0.2, 0.25) is 19.6 Å². The van der Waals surface area contributed by atoms with Crippen molar-refractivity contribution in [1.29, 1.82) is 0 Å². The number of hydrogen-bond acceptors (Lipinski definition) is 0. The van der Waals surface area contributed by atoms with Crippen LogP contribution in [0.5, 0.6) is 0 Å². The van der Waals surface area contributed by atoms with E-state index in [1.54, 1.807) is 0 Å². The van der Waals surface area contributed by atoms with Crippen LogP contribution in [0, 0.1) is 6.92 Å². The monoisotopic (exact) mass is 240 g/mol. The summed E-state index contributed by atoms with van der Waals surface area (Å²) in [7, 11) is -1.17. The van der Waals surface area contributed by atoms with E-state index in [1.807, 2.05) is 0 Å². The van der Waals surface area contributed by atoms with Crippen LogP contribution in [0.15, 0.2) is 48.5 Å². The Morgan fingerprint density at radius 3 is 1.94 bits per heavy atom. The molecule has 1 heteroatoms. The molecule has 0 unspecified atom stereocenters. The van der Waals surface area contributed by atoms with Crippen molar-refractivity contribution in [3.8, 4) is 11.1 Å². The van der Waals surface area contributed by atoms with Crippen molar-refractivity contribution >= 4 is 13.3 Å². The Bertz CT molecular complexity index is 504. The maximum Gasteiger partial charge on any atom is 0.0775 e. The smallest absolute Gasteiger partial charge is 0.0656 e. The molecule has 0 N–H and O–H groups in total. The highest BCUT2D eigenvalue weighted by Crippen LogP contribution is 2.19. The van der Waals surface area contributed by atoms with E-state index in [1.165, 1.54) is 21.9 Å². The fourth-order valence-electron chi connectivity index (χ4n) is 1.99. The molecule has 2 aromatic rings. The summed E-state index contributed by atoms with van der Waals surface area (Å²) in [6, 6.07) is 17.8. The summed E-state index contributed by atoms with van der Waals surface area (Å²) >= 11 is 0. The second-order valence-corrected chi connectivity index (χ2v) is 10.8. The number of aryl methyl sites for hydroxylation is 1. The second kappa shape index (κ2) is 4.50. The van der Waals surface area contributed by atoms with E-state index in [9.17, 15) is 0 Å². The quantitative estimate of drug-likeness (QED) is 0.690. The Morgan fingerprint density at radius 1 is 0.765 bits per heavy atom. The molecular weight excluding hydrogens is 220 g/mol. The highest BCUT2D eigenvalue weighted by atomic mass is 28.3. The van der Waals surface area contributed by atoms with E-state index in [0.29, 0.717) is 0 Å². The molecule has 2 rings (SSSR count). The molecular formula is C16H20Si. The molecule has 0 saturated heterocycles. The van der Waals surface area contributed by atoms with Crippen LogP contribution in [-0.2, 0) is 0 Å². The second-order valence-electron chi connectivity index (χ2n) is 5.70. The topological polar surface area (TPSA) is 0 Å². The first-order chi connectivity index (χ1) is 7.97. The van der Waals surface area contributed by atoms with E-state index in [4.69, 9.17) is 0 Å². The summed E-state index contributed by atoms with van der Waals surface area (Å²) in [6.07, 6.45) is 0. The lowest BCUT2D eigenvalue weighted by Gasteiger charge is -2.16. The zero-order valence-electron chi connectivity index (χ0n) is 11.1.